The van der Waals surface area contributed by atoms with Gasteiger partial charge in [-0.2, -0.15) is 0 Å². The van der Waals surface area contributed by atoms with Crippen molar-refractivity contribution in [3.8, 4) is 0 Å². The molecule has 0 N–H and O–H groups in total. The van der Waals surface area contributed by atoms with Gasteiger partial charge in [0, 0.05) is 26.7 Å². The molecule has 0 spiro atoms. The second-order valence-corrected chi connectivity index (χ2v) is 7.56. The van der Waals surface area contributed by atoms with Crippen molar-refractivity contribution in [2.45, 2.75) is 72.3 Å². The highest BCUT2D eigenvalue weighted by Crippen LogP contribution is 2.31. The molecule has 2 nitrogen and oxygen atoms in total. The number of methoxy groups -OCH3 is 1. The van der Waals surface area contributed by atoms with Crippen LogP contribution in [0, 0.1) is 17.8 Å². The van der Waals surface area contributed by atoms with Gasteiger partial charge in [0.2, 0.25) is 0 Å². The predicted molar refractivity (Wildman–Crippen MR) is 88.1 cm³/mol. The van der Waals surface area contributed by atoms with Gasteiger partial charge in [-0.1, -0.05) is 47.0 Å². The Kier molecular flexibility index (Phi) is 8.79. The largest absolute Gasteiger partial charge is 0.381 e. The number of piperidine rings is 1. The van der Waals surface area contributed by atoms with Crippen molar-refractivity contribution < 1.29 is 4.74 Å². The van der Waals surface area contributed by atoms with E-state index in [-0.39, 0.29) is 0 Å². The van der Waals surface area contributed by atoms with Gasteiger partial charge in [-0.15, -0.1) is 0 Å². The van der Waals surface area contributed by atoms with Gasteiger partial charge in [0.15, 0.2) is 0 Å². The minimum absolute atomic E-state index is 0.522. The van der Waals surface area contributed by atoms with Crippen LogP contribution < -0.4 is 0 Å². The topological polar surface area (TPSA) is 12.5 Å². The van der Waals surface area contributed by atoms with Crippen LogP contribution in [0.1, 0.15) is 66.2 Å². The summed E-state index contributed by atoms with van der Waals surface area (Å²) in [5.74, 6) is 2.83. The second-order valence-electron chi connectivity index (χ2n) is 7.56. The van der Waals surface area contributed by atoms with Crippen molar-refractivity contribution in [1.29, 1.82) is 0 Å². The zero-order valence-electron chi connectivity index (χ0n) is 14.5. The Bertz CT molecular complexity index is 228. The van der Waals surface area contributed by atoms with Crippen LogP contribution in [0.25, 0.3) is 0 Å². The maximum Gasteiger partial charge on any atom is 0.0595 e. The van der Waals surface area contributed by atoms with Crippen molar-refractivity contribution in [1.82, 2.24) is 4.90 Å². The summed E-state index contributed by atoms with van der Waals surface area (Å²) in [6, 6.07) is 0. The maximum atomic E-state index is 5.32. The van der Waals surface area contributed by atoms with Crippen LogP contribution >= 0.6 is 0 Å². The van der Waals surface area contributed by atoms with Crippen LogP contribution in [0.15, 0.2) is 0 Å². The van der Waals surface area contributed by atoms with E-state index in [0.29, 0.717) is 6.10 Å². The van der Waals surface area contributed by atoms with E-state index in [1.54, 1.807) is 0 Å². The average molecular weight is 284 g/mol. The molecule has 0 radical (unpaired) electrons. The number of rotatable bonds is 5. The minimum Gasteiger partial charge on any atom is -0.381 e. The molecule has 2 fully saturated rings. The fourth-order valence-electron chi connectivity index (χ4n) is 3.24. The molecule has 2 heteroatoms. The summed E-state index contributed by atoms with van der Waals surface area (Å²) in [6.45, 7) is 12.9. The number of hydrogen-bond donors (Lipinski definition) is 0. The molecule has 0 atom stereocenters. The first kappa shape index (κ1) is 18.0. The summed E-state index contributed by atoms with van der Waals surface area (Å²) in [7, 11) is 1.82. The zero-order chi connectivity index (χ0) is 15.0. The summed E-state index contributed by atoms with van der Waals surface area (Å²) in [5.41, 5.74) is 0. The first-order chi connectivity index (χ1) is 9.51. The molecule has 120 valence electrons. The molecule has 1 saturated heterocycles. The van der Waals surface area contributed by atoms with Crippen LogP contribution in [0.5, 0.6) is 0 Å². The lowest BCUT2D eigenvalue weighted by Crippen LogP contribution is -2.38. The van der Waals surface area contributed by atoms with Gasteiger partial charge in [0.05, 0.1) is 6.10 Å². The lowest BCUT2D eigenvalue weighted by atomic mass is 9.80. The Morgan fingerprint density at radius 1 is 0.950 bits per heavy atom. The molecule has 1 heterocycles. The molecule has 0 amide bonds. The standard InChI is InChI=1S/C10H21NO.C8H16/c1-9(2)8-11-6-4-10(12-3)5-7-11;1-7(2)6-8-4-3-5-8/h9-10H,4-8H2,1-3H3;7-8H,3-6H2,1-2H3. The van der Waals surface area contributed by atoms with Crippen LogP contribution in [0.3, 0.4) is 0 Å². The molecular formula is C18H37NO. The third kappa shape index (κ3) is 7.64. The molecule has 2 rings (SSSR count). The van der Waals surface area contributed by atoms with Crippen LogP contribution in [-0.4, -0.2) is 37.7 Å². The summed E-state index contributed by atoms with van der Waals surface area (Å²) < 4.78 is 5.32. The number of hydrogen-bond acceptors (Lipinski definition) is 2. The predicted octanol–water partition coefficient (Wildman–Crippen LogP) is 4.59. The first-order valence-electron chi connectivity index (χ1n) is 8.76. The number of likely N-dealkylation sites (tertiary alicyclic amines) is 1. The van der Waals surface area contributed by atoms with Gasteiger partial charge in [-0.3, -0.25) is 0 Å². The molecule has 0 aromatic carbocycles. The van der Waals surface area contributed by atoms with Crippen LogP contribution in [-0.2, 0) is 4.74 Å². The molecule has 0 unspecified atom stereocenters. The van der Waals surface area contributed by atoms with Crippen molar-refractivity contribution in [2.24, 2.45) is 17.8 Å². The molecule has 1 saturated carbocycles. The van der Waals surface area contributed by atoms with Gasteiger partial charge in [-0.25, -0.2) is 0 Å². The molecule has 0 aromatic rings. The Labute approximate surface area is 127 Å². The summed E-state index contributed by atoms with van der Waals surface area (Å²) >= 11 is 0. The Hall–Kier alpha value is -0.0800. The molecule has 1 aliphatic heterocycles. The normalized spacial score (nSPS) is 21.8. The van der Waals surface area contributed by atoms with E-state index in [2.05, 4.69) is 32.6 Å². The quantitative estimate of drug-likeness (QED) is 0.732. The average Bonchev–Trinajstić information content (AvgIpc) is 2.35. The molecule has 1 aliphatic carbocycles. The lowest BCUT2D eigenvalue weighted by molar-refractivity contribution is 0.0380. The zero-order valence-corrected chi connectivity index (χ0v) is 14.5. The Balaban J connectivity index is 0.000000217. The molecule has 20 heavy (non-hydrogen) atoms. The number of nitrogens with zero attached hydrogens (tertiary/aromatic N) is 1. The van der Waals surface area contributed by atoms with Crippen molar-refractivity contribution in [2.75, 3.05) is 26.7 Å². The molecular weight excluding hydrogens is 246 g/mol. The van der Waals surface area contributed by atoms with E-state index in [1.807, 2.05) is 7.11 Å². The Morgan fingerprint density at radius 3 is 1.85 bits per heavy atom. The van der Waals surface area contributed by atoms with E-state index in [9.17, 15) is 0 Å². The van der Waals surface area contributed by atoms with Gasteiger partial charge in [-0.05, 0) is 37.0 Å². The monoisotopic (exact) mass is 283 g/mol. The minimum atomic E-state index is 0.522. The van der Waals surface area contributed by atoms with E-state index >= 15 is 0 Å². The molecule has 0 bridgehead atoms. The van der Waals surface area contributed by atoms with Crippen molar-refractivity contribution >= 4 is 0 Å². The highest BCUT2D eigenvalue weighted by molar-refractivity contribution is 4.72. The third-order valence-corrected chi connectivity index (χ3v) is 4.52. The maximum absolute atomic E-state index is 5.32. The fraction of sp³-hybridized carbons (Fsp3) is 1.00. The van der Waals surface area contributed by atoms with Gasteiger partial charge in [0.25, 0.3) is 0 Å². The van der Waals surface area contributed by atoms with Crippen LogP contribution in [0.2, 0.25) is 0 Å². The highest BCUT2D eigenvalue weighted by Gasteiger charge is 2.18. The van der Waals surface area contributed by atoms with Crippen molar-refractivity contribution in [3.63, 3.8) is 0 Å². The molecule has 2 aliphatic rings. The van der Waals surface area contributed by atoms with E-state index in [4.69, 9.17) is 4.74 Å². The summed E-state index contributed by atoms with van der Waals surface area (Å²) in [5, 5.41) is 0. The lowest BCUT2D eigenvalue weighted by Gasteiger charge is -2.32. The summed E-state index contributed by atoms with van der Waals surface area (Å²) in [4.78, 5) is 2.54. The van der Waals surface area contributed by atoms with Gasteiger partial charge in [0.1, 0.15) is 0 Å². The van der Waals surface area contributed by atoms with E-state index in [1.165, 1.54) is 58.2 Å². The van der Waals surface area contributed by atoms with E-state index in [0.717, 1.165) is 17.8 Å². The third-order valence-electron chi connectivity index (χ3n) is 4.52. The Morgan fingerprint density at radius 2 is 1.55 bits per heavy atom. The number of ether oxygens (including phenoxy) is 1. The summed E-state index contributed by atoms with van der Waals surface area (Å²) in [6.07, 6.45) is 8.94. The fourth-order valence-corrected chi connectivity index (χ4v) is 3.24. The van der Waals surface area contributed by atoms with E-state index < -0.39 is 0 Å². The smallest absolute Gasteiger partial charge is 0.0595 e. The van der Waals surface area contributed by atoms with Gasteiger partial charge >= 0.3 is 0 Å². The van der Waals surface area contributed by atoms with Gasteiger partial charge < -0.3 is 9.64 Å². The second kappa shape index (κ2) is 9.78. The molecule has 0 aromatic heterocycles. The SMILES string of the molecule is CC(C)CC1CCC1.COC1CCN(CC(C)C)CC1. The highest BCUT2D eigenvalue weighted by atomic mass is 16.5. The first-order valence-corrected chi connectivity index (χ1v) is 8.76. The van der Waals surface area contributed by atoms with Crippen LogP contribution in [0.4, 0.5) is 0 Å². The van der Waals surface area contributed by atoms with Crippen molar-refractivity contribution in [3.05, 3.63) is 0 Å².